The molecule has 2 atom stereocenters. The predicted molar refractivity (Wildman–Crippen MR) is 137 cm³/mol. The molecule has 3 aromatic rings. The molecule has 4 rings (SSSR count). The summed E-state index contributed by atoms with van der Waals surface area (Å²) in [5, 5.41) is 14.1. The van der Waals surface area contributed by atoms with Crippen LogP contribution in [0.2, 0.25) is 0 Å². The number of primary amides is 1. The first kappa shape index (κ1) is 26.4. The number of fused-ring (bicyclic) bond motifs is 1. The monoisotopic (exact) mass is 530 g/mol. The van der Waals surface area contributed by atoms with Crippen molar-refractivity contribution in [3.8, 4) is 0 Å². The van der Waals surface area contributed by atoms with E-state index in [-0.39, 0.29) is 44.9 Å². The summed E-state index contributed by atoms with van der Waals surface area (Å²) in [7, 11) is -3.99. The number of nitrogens with zero attached hydrogens (tertiary/aromatic N) is 4. The number of nitrogens with one attached hydrogen (secondary N) is 1. The molecule has 1 aliphatic heterocycles. The highest BCUT2D eigenvalue weighted by Crippen LogP contribution is 2.38. The number of nitro groups is 1. The highest BCUT2D eigenvalue weighted by Gasteiger charge is 2.39. The maximum atomic E-state index is 13.4. The van der Waals surface area contributed by atoms with Crippen molar-refractivity contribution in [2.45, 2.75) is 57.6 Å². The lowest BCUT2D eigenvalue weighted by molar-refractivity contribution is -0.384. The van der Waals surface area contributed by atoms with Gasteiger partial charge in [-0.1, -0.05) is 38.5 Å². The molecule has 37 heavy (non-hydrogen) atoms. The Morgan fingerprint density at radius 3 is 2.51 bits per heavy atom. The Balaban J connectivity index is 1.77. The normalized spacial score (nSPS) is 19.0. The topological polar surface area (TPSA) is 163 Å². The lowest BCUT2D eigenvalue weighted by Gasteiger charge is -2.45. The molecule has 0 bridgehead atoms. The Morgan fingerprint density at radius 1 is 1.24 bits per heavy atom. The van der Waals surface area contributed by atoms with Crippen LogP contribution in [-0.2, 0) is 14.8 Å². The van der Waals surface area contributed by atoms with E-state index in [9.17, 15) is 23.3 Å². The van der Waals surface area contributed by atoms with Gasteiger partial charge in [0.2, 0.25) is 0 Å². The third-order valence-corrected chi connectivity index (χ3v) is 8.21. The van der Waals surface area contributed by atoms with Crippen molar-refractivity contribution >= 4 is 38.5 Å². The Morgan fingerprint density at radius 2 is 1.92 bits per heavy atom. The number of pyridine rings is 1. The lowest BCUT2D eigenvalue weighted by atomic mass is 9.80. The molecule has 13 heteroatoms. The summed E-state index contributed by atoms with van der Waals surface area (Å²) in [4.78, 5) is 26.9. The first-order chi connectivity index (χ1) is 17.3. The number of benzene rings is 1. The molecular weight excluding hydrogens is 500 g/mol. The molecule has 1 aliphatic rings. The molecule has 1 saturated heterocycles. The van der Waals surface area contributed by atoms with E-state index in [1.165, 1.54) is 24.4 Å². The minimum atomic E-state index is -3.99. The van der Waals surface area contributed by atoms with E-state index in [0.29, 0.717) is 19.4 Å². The SMILES string of the molecule is Cc1ccc(S(=O)(=O)n2ccc3c(NN4CCC(OC(N)=O)CC4C(C)(C)C)c([N+](=O)[O-])cnc32)cc1. The van der Waals surface area contributed by atoms with E-state index < -0.39 is 21.0 Å². The summed E-state index contributed by atoms with van der Waals surface area (Å²) in [5.74, 6) is 0. The van der Waals surface area contributed by atoms with Crippen LogP contribution in [0.3, 0.4) is 0 Å². The fourth-order valence-electron chi connectivity index (χ4n) is 4.63. The van der Waals surface area contributed by atoms with E-state index in [2.05, 4.69) is 10.4 Å². The molecule has 0 aliphatic carbocycles. The molecule has 0 spiro atoms. The molecule has 3 heterocycles. The van der Waals surface area contributed by atoms with Crippen LogP contribution >= 0.6 is 0 Å². The van der Waals surface area contributed by atoms with Gasteiger partial charge >= 0.3 is 11.8 Å². The highest BCUT2D eigenvalue weighted by atomic mass is 32.2. The van der Waals surface area contributed by atoms with E-state index in [1.54, 1.807) is 12.1 Å². The number of aromatic nitrogens is 2. The molecule has 0 radical (unpaired) electrons. The van der Waals surface area contributed by atoms with Gasteiger partial charge in [-0.05, 0) is 37.0 Å². The maximum Gasteiger partial charge on any atom is 0.404 e. The average Bonchev–Trinajstić information content (AvgIpc) is 3.25. The van der Waals surface area contributed by atoms with Gasteiger partial charge in [-0.2, -0.15) is 0 Å². The fraction of sp³-hybridized carbons (Fsp3) is 0.417. The molecule has 3 N–H and O–H groups in total. The van der Waals surface area contributed by atoms with Crippen LogP contribution < -0.4 is 11.2 Å². The number of rotatable bonds is 6. The number of hydrogen-bond acceptors (Lipinski definition) is 9. The average molecular weight is 531 g/mol. The Hall–Kier alpha value is -3.71. The van der Waals surface area contributed by atoms with Crippen molar-refractivity contribution in [2.24, 2.45) is 11.1 Å². The maximum absolute atomic E-state index is 13.4. The van der Waals surface area contributed by atoms with E-state index >= 15 is 0 Å². The molecule has 12 nitrogen and oxygen atoms in total. The van der Waals surface area contributed by atoms with Crippen LogP contribution in [0.25, 0.3) is 11.0 Å². The number of piperidine rings is 1. The number of ether oxygens (including phenoxy) is 1. The first-order valence-corrected chi connectivity index (χ1v) is 13.2. The van der Waals surface area contributed by atoms with E-state index in [4.69, 9.17) is 10.5 Å². The number of nitrogens with two attached hydrogens (primary N) is 1. The number of carbonyl (C=O) groups excluding carboxylic acids is 1. The van der Waals surface area contributed by atoms with Gasteiger partial charge in [0.15, 0.2) is 5.65 Å². The van der Waals surface area contributed by atoms with Gasteiger partial charge in [0, 0.05) is 25.2 Å². The van der Waals surface area contributed by atoms with Crippen molar-refractivity contribution in [3.05, 3.63) is 58.4 Å². The predicted octanol–water partition coefficient (Wildman–Crippen LogP) is 3.79. The van der Waals surface area contributed by atoms with Gasteiger partial charge in [-0.3, -0.25) is 10.1 Å². The Labute approximate surface area is 214 Å². The largest absolute Gasteiger partial charge is 0.446 e. The molecular formula is C24H30N6O6S. The van der Waals surface area contributed by atoms with Gasteiger partial charge in [-0.25, -0.2) is 27.2 Å². The van der Waals surface area contributed by atoms with Crippen LogP contribution in [0, 0.1) is 22.5 Å². The molecule has 1 aromatic carbocycles. The number of hydrogen-bond donors (Lipinski definition) is 2. The Kier molecular flexibility index (Phi) is 6.86. The summed E-state index contributed by atoms with van der Waals surface area (Å²) in [6.07, 6.45) is 2.10. The summed E-state index contributed by atoms with van der Waals surface area (Å²) < 4.78 is 33.0. The van der Waals surface area contributed by atoms with Crippen LogP contribution in [0.1, 0.15) is 39.2 Å². The molecule has 1 fully saturated rings. The quantitative estimate of drug-likeness (QED) is 0.356. The number of anilines is 1. The fourth-order valence-corrected chi connectivity index (χ4v) is 5.93. The summed E-state index contributed by atoms with van der Waals surface area (Å²) in [6, 6.07) is 7.72. The smallest absolute Gasteiger partial charge is 0.404 e. The molecule has 198 valence electrons. The summed E-state index contributed by atoms with van der Waals surface area (Å²) in [5.41, 5.74) is 8.93. The van der Waals surface area contributed by atoms with Crippen molar-refractivity contribution in [3.63, 3.8) is 0 Å². The van der Waals surface area contributed by atoms with Gasteiger partial charge in [-0.15, -0.1) is 0 Å². The second kappa shape index (κ2) is 9.63. The number of amides is 1. The van der Waals surface area contributed by atoms with Crippen molar-refractivity contribution in [1.29, 1.82) is 0 Å². The van der Waals surface area contributed by atoms with Gasteiger partial charge in [0.05, 0.1) is 15.2 Å². The second-order valence-electron chi connectivity index (χ2n) is 10.2. The zero-order chi connectivity index (χ0) is 27.1. The van der Waals surface area contributed by atoms with Crippen LogP contribution in [0.4, 0.5) is 16.2 Å². The van der Waals surface area contributed by atoms with Gasteiger partial charge in [0.1, 0.15) is 18.0 Å². The minimum absolute atomic E-state index is 0.0629. The molecule has 0 saturated carbocycles. The van der Waals surface area contributed by atoms with E-state index in [1.807, 2.05) is 32.7 Å². The number of carbonyl (C=O) groups is 1. The molecule has 1 amide bonds. The first-order valence-electron chi connectivity index (χ1n) is 11.7. The summed E-state index contributed by atoms with van der Waals surface area (Å²) >= 11 is 0. The molecule has 2 unspecified atom stereocenters. The third-order valence-electron chi connectivity index (χ3n) is 6.53. The zero-order valence-corrected chi connectivity index (χ0v) is 21.9. The summed E-state index contributed by atoms with van der Waals surface area (Å²) in [6.45, 7) is 8.30. The van der Waals surface area contributed by atoms with Gasteiger partial charge < -0.3 is 15.9 Å². The van der Waals surface area contributed by atoms with E-state index in [0.717, 1.165) is 15.7 Å². The third kappa shape index (κ3) is 5.23. The van der Waals surface area contributed by atoms with Crippen LogP contribution in [-0.4, -0.2) is 52.1 Å². The lowest BCUT2D eigenvalue weighted by Crippen LogP contribution is -2.54. The van der Waals surface area contributed by atoms with Crippen molar-refractivity contribution in [2.75, 3.05) is 12.0 Å². The minimum Gasteiger partial charge on any atom is -0.446 e. The van der Waals surface area contributed by atoms with Crippen molar-refractivity contribution < 1.29 is 22.9 Å². The van der Waals surface area contributed by atoms with Gasteiger partial charge in [0.25, 0.3) is 10.0 Å². The highest BCUT2D eigenvalue weighted by molar-refractivity contribution is 7.90. The van der Waals surface area contributed by atoms with Crippen molar-refractivity contribution in [1.82, 2.24) is 14.0 Å². The van der Waals surface area contributed by atoms with Crippen LogP contribution in [0.5, 0.6) is 0 Å². The second-order valence-corrected chi connectivity index (χ2v) is 12.0. The zero-order valence-electron chi connectivity index (χ0n) is 21.0. The standard InChI is InChI=1S/C24H30N6O6S/c1-15-5-7-17(8-6-15)37(34,35)29-12-10-18-21(19(30(32)33)14-26-22(18)29)27-28-11-9-16(36-23(25)31)13-20(28)24(2,3)4/h5-8,10,12,14,16,20H,9,11,13H2,1-4H3,(H2,25,31)(H,26,27). The molecule has 2 aromatic heterocycles. The van der Waals surface area contributed by atoms with Crippen LogP contribution in [0.15, 0.2) is 47.6 Å². The number of aryl methyl sites for hydroxylation is 1. The number of hydrazine groups is 1. The Bertz CT molecular complexity index is 1440.